The molecule has 0 heterocycles. The third-order valence-corrected chi connectivity index (χ3v) is 2.62. The first-order valence-corrected chi connectivity index (χ1v) is 5.05. The molecule has 0 aliphatic rings. The monoisotopic (exact) mass is 182 g/mol. The minimum Gasteiger partial charge on any atom is -0.299 e. The molecule has 0 aliphatic carbocycles. The third-order valence-electron chi connectivity index (χ3n) is 2.62. The Balaban J connectivity index is 4.37. The maximum absolute atomic E-state index is 11.4. The SMILES string of the molecule is C/C(CC(=O)C(C)C)=C(/C)C(C)C. The highest BCUT2D eigenvalue weighted by Gasteiger charge is 2.10. The van der Waals surface area contributed by atoms with Crippen molar-refractivity contribution in [3.8, 4) is 0 Å². The maximum Gasteiger partial charge on any atom is 0.139 e. The Hall–Kier alpha value is -0.590. The second kappa shape index (κ2) is 5.21. The van der Waals surface area contributed by atoms with Crippen LogP contribution in [0.3, 0.4) is 0 Å². The van der Waals surface area contributed by atoms with Gasteiger partial charge in [0.15, 0.2) is 0 Å². The molecular weight excluding hydrogens is 160 g/mol. The van der Waals surface area contributed by atoms with Gasteiger partial charge in [-0.15, -0.1) is 0 Å². The molecule has 0 saturated heterocycles. The van der Waals surface area contributed by atoms with Gasteiger partial charge in [-0.1, -0.05) is 38.8 Å². The molecule has 76 valence electrons. The summed E-state index contributed by atoms with van der Waals surface area (Å²) >= 11 is 0. The van der Waals surface area contributed by atoms with Crippen molar-refractivity contribution in [2.75, 3.05) is 0 Å². The molecule has 0 radical (unpaired) electrons. The predicted molar refractivity (Wildman–Crippen MR) is 57.7 cm³/mol. The third kappa shape index (κ3) is 4.25. The van der Waals surface area contributed by atoms with Gasteiger partial charge in [-0.25, -0.2) is 0 Å². The van der Waals surface area contributed by atoms with Crippen molar-refractivity contribution >= 4 is 5.78 Å². The van der Waals surface area contributed by atoms with Crippen LogP contribution in [0.5, 0.6) is 0 Å². The van der Waals surface area contributed by atoms with Gasteiger partial charge in [-0.3, -0.25) is 4.79 Å². The summed E-state index contributed by atoms with van der Waals surface area (Å²) < 4.78 is 0. The van der Waals surface area contributed by atoms with E-state index >= 15 is 0 Å². The molecule has 0 amide bonds. The van der Waals surface area contributed by atoms with Gasteiger partial charge in [0.1, 0.15) is 5.78 Å². The highest BCUT2D eigenvalue weighted by atomic mass is 16.1. The lowest BCUT2D eigenvalue weighted by molar-refractivity contribution is -0.121. The molecule has 0 spiro atoms. The zero-order valence-electron chi connectivity index (χ0n) is 9.77. The van der Waals surface area contributed by atoms with Gasteiger partial charge in [-0.2, -0.15) is 0 Å². The van der Waals surface area contributed by atoms with Crippen LogP contribution in [0, 0.1) is 11.8 Å². The number of carbonyl (C=O) groups excluding carboxylic acids is 1. The van der Waals surface area contributed by atoms with E-state index in [0.717, 1.165) is 0 Å². The molecule has 0 aliphatic heterocycles. The molecule has 1 nitrogen and oxygen atoms in total. The molecule has 0 bridgehead atoms. The Morgan fingerprint density at radius 1 is 1.00 bits per heavy atom. The highest BCUT2D eigenvalue weighted by molar-refractivity contribution is 5.82. The molecule has 0 unspecified atom stereocenters. The second-order valence-electron chi connectivity index (χ2n) is 4.42. The van der Waals surface area contributed by atoms with E-state index in [1.54, 1.807) is 0 Å². The number of carbonyl (C=O) groups is 1. The molecule has 0 saturated carbocycles. The Morgan fingerprint density at radius 3 is 1.77 bits per heavy atom. The van der Waals surface area contributed by atoms with Gasteiger partial charge in [0.25, 0.3) is 0 Å². The summed E-state index contributed by atoms with van der Waals surface area (Å²) in [5.74, 6) is 1.06. The van der Waals surface area contributed by atoms with Crippen LogP contribution in [0.15, 0.2) is 11.1 Å². The average molecular weight is 182 g/mol. The first kappa shape index (κ1) is 12.4. The molecule has 0 aromatic carbocycles. The van der Waals surface area contributed by atoms with Crippen LogP contribution in [0.2, 0.25) is 0 Å². The molecular formula is C12H22O. The fourth-order valence-corrected chi connectivity index (χ4v) is 1.10. The van der Waals surface area contributed by atoms with Crippen LogP contribution in [-0.4, -0.2) is 5.78 Å². The Labute approximate surface area is 82.2 Å². The summed E-state index contributed by atoms with van der Waals surface area (Å²) in [5, 5.41) is 0. The van der Waals surface area contributed by atoms with Crippen LogP contribution in [-0.2, 0) is 4.79 Å². The van der Waals surface area contributed by atoms with Crippen LogP contribution in [0.4, 0.5) is 0 Å². The van der Waals surface area contributed by atoms with Crippen molar-refractivity contribution < 1.29 is 4.79 Å². The first-order chi connectivity index (χ1) is 5.86. The zero-order valence-corrected chi connectivity index (χ0v) is 9.77. The summed E-state index contributed by atoms with van der Waals surface area (Å²) in [4.78, 5) is 11.4. The quantitative estimate of drug-likeness (QED) is 0.607. The van der Waals surface area contributed by atoms with Gasteiger partial charge >= 0.3 is 0 Å². The number of hydrogen-bond donors (Lipinski definition) is 0. The Kier molecular flexibility index (Phi) is 4.97. The summed E-state index contributed by atoms with van der Waals surface area (Å²) in [6.45, 7) is 12.4. The van der Waals surface area contributed by atoms with Crippen molar-refractivity contribution in [3.05, 3.63) is 11.1 Å². The fraction of sp³-hybridized carbons (Fsp3) is 0.750. The molecule has 0 rings (SSSR count). The van der Waals surface area contributed by atoms with Crippen LogP contribution in [0.25, 0.3) is 0 Å². The van der Waals surface area contributed by atoms with E-state index < -0.39 is 0 Å². The normalized spacial score (nSPS) is 13.5. The van der Waals surface area contributed by atoms with E-state index in [1.165, 1.54) is 11.1 Å². The fourth-order valence-electron chi connectivity index (χ4n) is 1.10. The molecule has 0 aromatic rings. The van der Waals surface area contributed by atoms with E-state index in [-0.39, 0.29) is 5.92 Å². The lowest BCUT2D eigenvalue weighted by Gasteiger charge is -2.11. The van der Waals surface area contributed by atoms with Gasteiger partial charge in [0.05, 0.1) is 0 Å². The average Bonchev–Trinajstić information content (AvgIpc) is 2.02. The Morgan fingerprint density at radius 2 is 1.46 bits per heavy atom. The van der Waals surface area contributed by atoms with E-state index in [4.69, 9.17) is 0 Å². The number of allylic oxidation sites excluding steroid dienone is 2. The van der Waals surface area contributed by atoms with Crippen LogP contribution in [0.1, 0.15) is 48.0 Å². The summed E-state index contributed by atoms with van der Waals surface area (Å²) in [5.41, 5.74) is 2.60. The van der Waals surface area contributed by atoms with Crippen LogP contribution < -0.4 is 0 Å². The van der Waals surface area contributed by atoms with Gasteiger partial charge in [0, 0.05) is 12.3 Å². The van der Waals surface area contributed by atoms with Crippen molar-refractivity contribution in [2.24, 2.45) is 11.8 Å². The van der Waals surface area contributed by atoms with Crippen molar-refractivity contribution in [1.29, 1.82) is 0 Å². The number of Topliss-reactive ketones (excluding diaryl/α,β-unsaturated/α-hetero) is 1. The standard InChI is InChI=1S/C12H22O/c1-8(2)11(6)10(5)7-12(13)9(3)4/h8-9H,7H2,1-6H3/b11-10+. The molecule has 0 N–H and O–H groups in total. The van der Waals surface area contributed by atoms with Crippen molar-refractivity contribution in [3.63, 3.8) is 0 Å². The summed E-state index contributed by atoms with van der Waals surface area (Å²) in [7, 11) is 0. The van der Waals surface area contributed by atoms with Gasteiger partial charge < -0.3 is 0 Å². The molecule has 1 heteroatoms. The minimum absolute atomic E-state index is 0.162. The largest absolute Gasteiger partial charge is 0.299 e. The number of ketones is 1. The minimum atomic E-state index is 0.162. The van der Waals surface area contributed by atoms with E-state index in [9.17, 15) is 4.79 Å². The van der Waals surface area contributed by atoms with Crippen molar-refractivity contribution in [1.82, 2.24) is 0 Å². The molecule has 13 heavy (non-hydrogen) atoms. The zero-order chi connectivity index (χ0) is 10.6. The summed E-state index contributed by atoms with van der Waals surface area (Å²) in [6, 6.07) is 0. The lowest BCUT2D eigenvalue weighted by atomic mass is 9.94. The summed E-state index contributed by atoms with van der Waals surface area (Å²) in [6.07, 6.45) is 0.627. The highest BCUT2D eigenvalue weighted by Crippen LogP contribution is 2.17. The van der Waals surface area contributed by atoms with Crippen molar-refractivity contribution in [2.45, 2.75) is 48.0 Å². The second-order valence-corrected chi connectivity index (χ2v) is 4.42. The number of rotatable bonds is 4. The Bertz CT molecular complexity index is 209. The number of hydrogen-bond acceptors (Lipinski definition) is 1. The molecule has 0 aromatic heterocycles. The maximum atomic E-state index is 11.4. The van der Waals surface area contributed by atoms with E-state index in [1.807, 2.05) is 13.8 Å². The van der Waals surface area contributed by atoms with Gasteiger partial charge in [0.2, 0.25) is 0 Å². The molecule has 0 atom stereocenters. The topological polar surface area (TPSA) is 17.1 Å². The van der Waals surface area contributed by atoms with Gasteiger partial charge in [-0.05, 0) is 19.8 Å². The lowest BCUT2D eigenvalue weighted by Crippen LogP contribution is -2.08. The van der Waals surface area contributed by atoms with E-state index in [2.05, 4.69) is 27.7 Å². The predicted octanol–water partition coefficient (Wildman–Crippen LogP) is 3.59. The smallest absolute Gasteiger partial charge is 0.139 e. The van der Waals surface area contributed by atoms with E-state index in [0.29, 0.717) is 18.1 Å². The van der Waals surface area contributed by atoms with Crippen LogP contribution >= 0.6 is 0 Å². The first-order valence-electron chi connectivity index (χ1n) is 5.05. The molecule has 0 fully saturated rings.